The molecule has 1 aromatic carbocycles. The van der Waals surface area contributed by atoms with Gasteiger partial charge in [0.05, 0.1) is 11.7 Å². The summed E-state index contributed by atoms with van der Waals surface area (Å²) in [5, 5.41) is 4.88. The third-order valence-corrected chi connectivity index (χ3v) is 7.06. The van der Waals surface area contributed by atoms with Gasteiger partial charge in [-0.1, -0.05) is 24.6 Å². The number of aryl methyl sites for hydroxylation is 3. The van der Waals surface area contributed by atoms with Gasteiger partial charge in [0, 0.05) is 43.0 Å². The predicted octanol–water partition coefficient (Wildman–Crippen LogP) is 4.87. The van der Waals surface area contributed by atoms with Crippen molar-refractivity contribution in [2.75, 3.05) is 24.5 Å². The maximum absolute atomic E-state index is 13.5. The molecule has 0 aliphatic carbocycles. The molecule has 6 heteroatoms. The highest BCUT2D eigenvalue weighted by molar-refractivity contribution is 5.96. The minimum Gasteiger partial charge on any atom is -0.356 e. The zero-order chi connectivity index (χ0) is 22.4. The summed E-state index contributed by atoms with van der Waals surface area (Å²) in [6, 6.07) is 8.16. The van der Waals surface area contributed by atoms with Crippen LogP contribution in [0.2, 0.25) is 0 Å². The van der Waals surface area contributed by atoms with E-state index in [0.717, 1.165) is 72.7 Å². The Balaban J connectivity index is 1.47. The summed E-state index contributed by atoms with van der Waals surface area (Å²) in [4.78, 5) is 22.9. The van der Waals surface area contributed by atoms with Crippen LogP contribution in [0.25, 0.3) is 5.65 Å². The predicted molar refractivity (Wildman–Crippen MR) is 127 cm³/mol. The molecule has 3 aromatic rings. The molecule has 0 N–H and O–H groups in total. The van der Waals surface area contributed by atoms with E-state index in [9.17, 15) is 4.79 Å². The average molecular weight is 432 g/mol. The van der Waals surface area contributed by atoms with Gasteiger partial charge in [-0.05, 0) is 64.0 Å². The van der Waals surface area contributed by atoms with Crippen molar-refractivity contribution >= 4 is 17.4 Å². The largest absolute Gasteiger partial charge is 0.356 e. The molecule has 0 spiro atoms. The van der Waals surface area contributed by atoms with Gasteiger partial charge in [0.1, 0.15) is 5.82 Å². The van der Waals surface area contributed by atoms with Crippen LogP contribution in [-0.4, -0.2) is 45.0 Å². The molecule has 2 atom stereocenters. The van der Waals surface area contributed by atoms with Crippen molar-refractivity contribution in [2.45, 2.75) is 59.4 Å². The highest BCUT2D eigenvalue weighted by Crippen LogP contribution is 2.33. The summed E-state index contributed by atoms with van der Waals surface area (Å²) >= 11 is 0. The van der Waals surface area contributed by atoms with E-state index in [2.05, 4.69) is 44.0 Å². The van der Waals surface area contributed by atoms with Crippen molar-refractivity contribution in [2.24, 2.45) is 5.92 Å². The Labute approximate surface area is 190 Å². The molecule has 1 amide bonds. The van der Waals surface area contributed by atoms with Crippen molar-refractivity contribution in [3.63, 3.8) is 0 Å². The molecule has 6 nitrogen and oxygen atoms in total. The number of hydrogen-bond acceptors (Lipinski definition) is 4. The van der Waals surface area contributed by atoms with Gasteiger partial charge in [-0.3, -0.25) is 4.79 Å². The van der Waals surface area contributed by atoms with Gasteiger partial charge < -0.3 is 9.80 Å². The molecule has 32 heavy (non-hydrogen) atoms. The van der Waals surface area contributed by atoms with Crippen LogP contribution in [0.4, 0.5) is 5.82 Å². The maximum Gasteiger partial charge on any atom is 0.254 e. The second-order valence-corrected chi connectivity index (χ2v) is 9.79. The van der Waals surface area contributed by atoms with Gasteiger partial charge in [-0.2, -0.15) is 5.10 Å². The van der Waals surface area contributed by atoms with E-state index in [1.165, 1.54) is 12.0 Å². The van der Waals surface area contributed by atoms with Crippen LogP contribution in [-0.2, 0) is 0 Å². The topological polar surface area (TPSA) is 53.7 Å². The normalized spacial score (nSPS) is 21.5. The van der Waals surface area contributed by atoms with E-state index in [4.69, 9.17) is 10.1 Å². The number of benzene rings is 1. The van der Waals surface area contributed by atoms with Crippen LogP contribution >= 0.6 is 0 Å². The SMILES string of the molecule is Cc1ccc(C(=O)N2CCCC[C@H]2c2cc3nc(N4CC[C@H](C)C4)c(C)cn3n2)c(C)c1. The van der Waals surface area contributed by atoms with E-state index >= 15 is 0 Å². The zero-order valence-electron chi connectivity index (χ0n) is 19.6. The summed E-state index contributed by atoms with van der Waals surface area (Å²) < 4.78 is 1.89. The number of rotatable bonds is 3. The monoisotopic (exact) mass is 431 g/mol. The minimum atomic E-state index is -0.00535. The van der Waals surface area contributed by atoms with E-state index in [1.54, 1.807) is 0 Å². The maximum atomic E-state index is 13.5. The Morgan fingerprint density at radius 2 is 1.88 bits per heavy atom. The molecule has 0 radical (unpaired) electrons. The molecular formula is C26H33N5O. The van der Waals surface area contributed by atoms with E-state index in [1.807, 2.05) is 28.5 Å². The number of piperidine rings is 1. The molecule has 0 saturated carbocycles. The second kappa shape index (κ2) is 8.23. The number of likely N-dealkylation sites (tertiary alicyclic amines) is 1. The molecule has 2 aliphatic heterocycles. The fourth-order valence-corrected chi connectivity index (χ4v) is 5.32. The Morgan fingerprint density at radius 3 is 2.62 bits per heavy atom. The number of fused-ring (bicyclic) bond motifs is 1. The highest BCUT2D eigenvalue weighted by Gasteiger charge is 2.31. The Morgan fingerprint density at radius 1 is 1.03 bits per heavy atom. The Hall–Kier alpha value is -2.89. The van der Waals surface area contributed by atoms with Crippen LogP contribution in [0.3, 0.4) is 0 Å². The number of carbonyl (C=O) groups is 1. The first-order chi connectivity index (χ1) is 15.4. The lowest BCUT2D eigenvalue weighted by molar-refractivity contribution is 0.0605. The van der Waals surface area contributed by atoms with Gasteiger partial charge in [0.25, 0.3) is 5.91 Å². The van der Waals surface area contributed by atoms with Gasteiger partial charge >= 0.3 is 0 Å². The van der Waals surface area contributed by atoms with Gasteiger partial charge in [-0.15, -0.1) is 0 Å². The lowest BCUT2D eigenvalue weighted by Gasteiger charge is -2.35. The summed E-state index contributed by atoms with van der Waals surface area (Å²) in [6.45, 7) is 11.4. The fraction of sp³-hybridized carbons (Fsp3) is 0.500. The molecule has 0 bridgehead atoms. The van der Waals surface area contributed by atoms with Gasteiger partial charge in [-0.25, -0.2) is 9.50 Å². The lowest BCUT2D eigenvalue weighted by Crippen LogP contribution is -2.39. The number of carbonyl (C=O) groups excluding carboxylic acids is 1. The van der Waals surface area contributed by atoms with Crippen molar-refractivity contribution in [3.05, 3.63) is 58.4 Å². The van der Waals surface area contributed by atoms with Crippen molar-refractivity contribution < 1.29 is 4.79 Å². The summed E-state index contributed by atoms with van der Waals surface area (Å²) in [5.74, 6) is 1.89. The molecule has 168 valence electrons. The standard InChI is InChI=1S/C26H33N5O/c1-17-8-9-21(19(3)13-17)26(32)30-11-6-5-7-23(30)22-14-24-27-25(20(4)16-31(24)28-22)29-12-10-18(2)15-29/h8-9,13-14,16,18,23H,5-7,10-12,15H2,1-4H3/t18-,23-/m0/s1. The molecule has 0 unspecified atom stereocenters. The minimum absolute atomic E-state index is 0.00535. The van der Waals surface area contributed by atoms with Crippen LogP contribution in [0.15, 0.2) is 30.5 Å². The number of nitrogens with zero attached hydrogens (tertiary/aromatic N) is 5. The molecule has 2 saturated heterocycles. The first-order valence-electron chi connectivity index (χ1n) is 11.9. The molecule has 4 heterocycles. The van der Waals surface area contributed by atoms with E-state index in [-0.39, 0.29) is 11.9 Å². The molecule has 5 rings (SSSR count). The quantitative estimate of drug-likeness (QED) is 0.594. The molecule has 2 fully saturated rings. The molecular weight excluding hydrogens is 398 g/mol. The Kier molecular flexibility index (Phi) is 5.39. The van der Waals surface area contributed by atoms with Gasteiger partial charge in [0.2, 0.25) is 0 Å². The van der Waals surface area contributed by atoms with Crippen molar-refractivity contribution in [1.82, 2.24) is 19.5 Å². The molecule has 2 aliphatic rings. The number of hydrogen-bond donors (Lipinski definition) is 0. The van der Waals surface area contributed by atoms with Crippen LogP contribution in [0.1, 0.15) is 71.4 Å². The number of aromatic nitrogens is 3. The van der Waals surface area contributed by atoms with Crippen LogP contribution < -0.4 is 4.90 Å². The van der Waals surface area contributed by atoms with Gasteiger partial charge in [0.15, 0.2) is 5.65 Å². The molecule has 2 aromatic heterocycles. The third-order valence-electron chi connectivity index (χ3n) is 7.06. The highest BCUT2D eigenvalue weighted by atomic mass is 16.2. The van der Waals surface area contributed by atoms with Crippen LogP contribution in [0.5, 0.6) is 0 Å². The van der Waals surface area contributed by atoms with E-state index < -0.39 is 0 Å². The third kappa shape index (κ3) is 3.76. The van der Waals surface area contributed by atoms with Crippen molar-refractivity contribution in [3.8, 4) is 0 Å². The lowest BCUT2D eigenvalue weighted by atomic mass is 9.97. The fourth-order valence-electron chi connectivity index (χ4n) is 5.32. The van der Waals surface area contributed by atoms with Crippen molar-refractivity contribution in [1.29, 1.82) is 0 Å². The summed E-state index contributed by atoms with van der Waals surface area (Å²) in [7, 11) is 0. The smallest absolute Gasteiger partial charge is 0.254 e. The van der Waals surface area contributed by atoms with E-state index in [0.29, 0.717) is 5.92 Å². The zero-order valence-corrected chi connectivity index (χ0v) is 19.6. The summed E-state index contributed by atoms with van der Waals surface area (Å²) in [5.41, 5.74) is 5.97. The van der Waals surface area contributed by atoms with Crippen LogP contribution in [0, 0.1) is 26.7 Å². The summed E-state index contributed by atoms with van der Waals surface area (Å²) in [6.07, 6.45) is 6.39. The number of anilines is 1. The first kappa shape index (κ1) is 21.0. The Bertz CT molecular complexity index is 1170. The first-order valence-corrected chi connectivity index (χ1v) is 11.9. The second-order valence-electron chi connectivity index (χ2n) is 9.79. The number of amides is 1. The average Bonchev–Trinajstić information content (AvgIpc) is 3.38.